The molecule has 3 aromatic rings. The summed E-state index contributed by atoms with van der Waals surface area (Å²) in [6.45, 7) is 4.24. The molecule has 1 N–H and O–H groups in total. The third-order valence-electron chi connectivity index (χ3n) is 6.56. The molecule has 1 aliphatic carbocycles. The largest absolute Gasteiger partial charge is 0.368 e. The van der Waals surface area contributed by atoms with Gasteiger partial charge in [0.05, 0.1) is 11.1 Å². The maximum Gasteiger partial charge on any atom is 0.272 e. The van der Waals surface area contributed by atoms with Gasteiger partial charge >= 0.3 is 0 Å². The second kappa shape index (κ2) is 7.64. The molecular formula is C24H27N4O. The Morgan fingerprint density at radius 3 is 2.55 bits per heavy atom. The van der Waals surface area contributed by atoms with Crippen molar-refractivity contribution in [2.75, 3.05) is 38.1 Å². The van der Waals surface area contributed by atoms with Crippen molar-refractivity contribution in [1.29, 1.82) is 0 Å². The molecule has 1 radical (unpaired) electrons. The minimum absolute atomic E-state index is 0.134. The summed E-state index contributed by atoms with van der Waals surface area (Å²) in [6, 6.07) is 15.7. The fourth-order valence-electron chi connectivity index (χ4n) is 4.83. The molecule has 29 heavy (non-hydrogen) atoms. The first-order valence-electron chi connectivity index (χ1n) is 10.7. The maximum atomic E-state index is 12.3. The Kier molecular flexibility index (Phi) is 4.84. The summed E-state index contributed by atoms with van der Waals surface area (Å²) in [5, 5.41) is 8.80. The minimum atomic E-state index is -0.134. The summed E-state index contributed by atoms with van der Waals surface area (Å²) in [5.41, 5.74) is 4.40. The Hall–Kier alpha value is -2.66. The topological polar surface area (TPSA) is 52.2 Å². The highest BCUT2D eigenvalue weighted by molar-refractivity contribution is 5.94. The van der Waals surface area contributed by atoms with Gasteiger partial charge in [0.2, 0.25) is 0 Å². The lowest BCUT2D eigenvalue weighted by atomic mass is 9.89. The molecule has 5 heteroatoms. The molecule has 0 spiro atoms. The molecule has 1 aromatic heterocycles. The van der Waals surface area contributed by atoms with Crippen LogP contribution in [0.4, 0.5) is 5.69 Å². The van der Waals surface area contributed by atoms with E-state index in [1.165, 1.54) is 36.9 Å². The van der Waals surface area contributed by atoms with Crippen LogP contribution in [-0.2, 0) is 0 Å². The number of piperazine rings is 1. The number of hydrogen-bond acceptors (Lipinski definition) is 4. The third kappa shape index (κ3) is 3.44. The molecule has 1 saturated carbocycles. The van der Waals surface area contributed by atoms with Gasteiger partial charge in [0, 0.05) is 48.9 Å². The minimum Gasteiger partial charge on any atom is -0.368 e. The SMILES string of the molecule is CN1CCN(c2[c]cc(-c3n[nH]c(=O)c4ccccc34)c(C3CCCC3)c2)CC1. The molecule has 2 aliphatic rings. The molecule has 2 fully saturated rings. The summed E-state index contributed by atoms with van der Waals surface area (Å²) >= 11 is 0. The number of aromatic nitrogens is 2. The molecule has 1 saturated heterocycles. The Morgan fingerprint density at radius 2 is 1.79 bits per heavy atom. The maximum absolute atomic E-state index is 12.3. The molecule has 149 valence electrons. The predicted octanol–water partition coefficient (Wildman–Crippen LogP) is 3.80. The molecule has 0 atom stereocenters. The van der Waals surface area contributed by atoms with Gasteiger partial charge in [0.25, 0.3) is 5.56 Å². The summed E-state index contributed by atoms with van der Waals surface area (Å²) in [6.07, 6.45) is 5.01. The van der Waals surface area contributed by atoms with Crippen molar-refractivity contribution in [3.05, 3.63) is 58.4 Å². The molecular weight excluding hydrogens is 360 g/mol. The van der Waals surface area contributed by atoms with Crippen molar-refractivity contribution in [3.63, 3.8) is 0 Å². The monoisotopic (exact) mass is 387 g/mol. The number of aromatic amines is 1. The first-order chi connectivity index (χ1) is 14.2. The lowest BCUT2D eigenvalue weighted by molar-refractivity contribution is 0.313. The van der Waals surface area contributed by atoms with Crippen LogP contribution in [0.3, 0.4) is 0 Å². The van der Waals surface area contributed by atoms with Crippen molar-refractivity contribution < 1.29 is 0 Å². The van der Waals surface area contributed by atoms with E-state index in [1.54, 1.807) is 0 Å². The van der Waals surface area contributed by atoms with Crippen LogP contribution in [0.5, 0.6) is 0 Å². The number of nitrogens with zero attached hydrogens (tertiary/aromatic N) is 3. The van der Waals surface area contributed by atoms with Gasteiger partial charge in [0.1, 0.15) is 0 Å². The number of benzene rings is 2. The standard InChI is InChI=1S/C24H27N4O/c1-27-12-14-28(15-13-27)18-10-11-20(22(16-18)17-6-2-3-7-17)23-19-8-4-5-9-21(19)24(29)26-25-23/h4-5,8-9,11,16-17H,2-3,6-7,12-15H2,1H3,(H,26,29). The Labute approximate surface area is 171 Å². The van der Waals surface area contributed by atoms with Crippen LogP contribution in [0, 0.1) is 6.07 Å². The van der Waals surface area contributed by atoms with Gasteiger partial charge in [-0.1, -0.05) is 31.0 Å². The third-order valence-corrected chi connectivity index (χ3v) is 6.56. The van der Waals surface area contributed by atoms with Gasteiger partial charge in [-0.15, -0.1) is 0 Å². The Morgan fingerprint density at radius 1 is 1.07 bits per heavy atom. The van der Waals surface area contributed by atoms with Crippen molar-refractivity contribution in [3.8, 4) is 11.3 Å². The van der Waals surface area contributed by atoms with Gasteiger partial charge in [0.15, 0.2) is 0 Å². The summed E-state index contributed by atoms with van der Waals surface area (Å²) < 4.78 is 0. The van der Waals surface area contributed by atoms with Crippen LogP contribution >= 0.6 is 0 Å². The molecule has 0 unspecified atom stereocenters. The smallest absolute Gasteiger partial charge is 0.272 e. The van der Waals surface area contributed by atoms with Gasteiger partial charge in [-0.05, 0) is 49.6 Å². The average Bonchev–Trinajstić information content (AvgIpc) is 3.29. The first kappa shape index (κ1) is 18.4. The number of hydrogen-bond donors (Lipinski definition) is 1. The van der Waals surface area contributed by atoms with Gasteiger partial charge in [-0.3, -0.25) is 4.79 Å². The van der Waals surface area contributed by atoms with Crippen LogP contribution in [0.2, 0.25) is 0 Å². The highest BCUT2D eigenvalue weighted by Crippen LogP contribution is 2.41. The van der Waals surface area contributed by atoms with E-state index < -0.39 is 0 Å². The number of anilines is 1. The molecule has 5 rings (SSSR count). The summed E-state index contributed by atoms with van der Waals surface area (Å²) in [5.74, 6) is 0.554. The summed E-state index contributed by atoms with van der Waals surface area (Å²) in [4.78, 5) is 17.1. The second-order valence-electron chi connectivity index (χ2n) is 8.41. The lowest BCUT2D eigenvalue weighted by Gasteiger charge is -2.34. The van der Waals surface area contributed by atoms with E-state index in [0.717, 1.165) is 42.8 Å². The summed E-state index contributed by atoms with van der Waals surface area (Å²) in [7, 11) is 2.18. The van der Waals surface area contributed by atoms with Crippen LogP contribution in [0.25, 0.3) is 22.0 Å². The fraction of sp³-hybridized carbons (Fsp3) is 0.417. The zero-order chi connectivity index (χ0) is 19.8. The second-order valence-corrected chi connectivity index (χ2v) is 8.41. The van der Waals surface area contributed by atoms with Crippen LogP contribution < -0.4 is 10.5 Å². The molecule has 0 bridgehead atoms. The van der Waals surface area contributed by atoms with Crippen LogP contribution in [0.1, 0.15) is 37.2 Å². The fourth-order valence-corrected chi connectivity index (χ4v) is 4.83. The van der Waals surface area contributed by atoms with E-state index in [1.807, 2.05) is 24.3 Å². The number of likely N-dealkylation sites (N-methyl/N-ethyl adjacent to an activating group) is 1. The normalized spacial score (nSPS) is 18.6. The zero-order valence-corrected chi connectivity index (χ0v) is 16.9. The van der Waals surface area contributed by atoms with E-state index in [9.17, 15) is 4.79 Å². The van der Waals surface area contributed by atoms with Gasteiger partial charge < -0.3 is 9.80 Å². The van der Waals surface area contributed by atoms with Gasteiger partial charge in [-0.2, -0.15) is 5.10 Å². The van der Waals surface area contributed by atoms with E-state index in [4.69, 9.17) is 0 Å². The van der Waals surface area contributed by atoms with Crippen molar-refractivity contribution in [2.45, 2.75) is 31.6 Å². The number of rotatable bonds is 3. The number of fused-ring (bicyclic) bond motifs is 1. The van der Waals surface area contributed by atoms with Crippen molar-refractivity contribution in [1.82, 2.24) is 15.1 Å². The number of H-pyrrole nitrogens is 1. The van der Waals surface area contributed by atoms with Crippen LogP contribution in [0.15, 0.2) is 41.2 Å². The predicted molar refractivity (Wildman–Crippen MR) is 118 cm³/mol. The average molecular weight is 388 g/mol. The molecule has 0 amide bonds. The van der Waals surface area contributed by atoms with E-state index in [-0.39, 0.29) is 5.56 Å². The number of nitrogens with one attached hydrogen (secondary N) is 1. The van der Waals surface area contributed by atoms with E-state index in [0.29, 0.717) is 11.3 Å². The van der Waals surface area contributed by atoms with Gasteiger partial charge in [-0.25, -0.2) is 5.10 Å². The molecule has 1 aliphatic heterocycles. The van der Waals surface area contributed by atoms with Crippen LogP contribution in [-0.4, -0.2) is 48.3 Å². The van der Waals surface area contributed by atoms with E-state index >= 15 is 0 Å². The Balaban J connectivity index is 1.63. The zero-order valence-electron chi connectivity index (χ0n) is 16.9. The lowest BCUT2D eigenvalue weighted by Crippen LogP contribution is -2.44. The molecule has 5 nitrogen and oxygen atoms in total. The first-order valence-corrected chi connectivity index (χ1v) is 10.7. The Bertz CT molecular complexity index is 1080. The van der Waals surface area contributed by atoms with Crippen molar-refractivity contribution in [2.24, 2.45) is 0 Å². The quantitative estimate of drug-likeness (QED) is 0.743. The van der Waals surface area contributed by atoms with Crippen molar-refractivity contribution >= 4 is 16.5 Å². The highest BCUT2D eigenvalue weighted by Gasteiger charge is 2.24. The highest BCUT2D eigenvalue weighted by atomic mass is 16.1. The molecule has 2 aromatic carbocycles. The van der Waals surface area contributed by atoms with E-state index in [2.05, 4.69) is 45.2 Å². The molecule has 2 heterocycles.